The molecule has 0 fully saturated rings. The van der Waals surface area contributed by atoms with Crippen LogP contribution in [0.3, 0.4) is 0 Å². The molecule has 3 rings (SSSR count). The van der Waals surface area contributed by atoms with Gasteiger partial charge < -0.3 is 28.5 Å². The Hall–Kier alpha value is -3.35. The molecule has 0 saturated carbocycles. The highest BCUT2D eigenvalue weighted by atomic mass is 16.5. The van der Waals surface area contributed by atoms with Gasteiger partial charge in [0.1, 0.15) is 28.2 Å². The van der Waals surface area contributed by atoms with Gasteiger partial charge in [-0.05, 0) is 19.1 Å². The average molecular weight is 372 g/mol. The molecule has 0 aliphatic heterocycles. The van der Waals surface area contributed by atoms with Gasteiger partial charge >= 0.3 is 0 Å². The Kier molecular flexibility index (Phi) is 4.85. The van der Waals surface area contributed by atoms with E-state index in [0.29, 0.717) is 39.9 Å². The van der Waals surface area contributed by atoms with Gasteiger partial charge in [-0.15, -0.1) is 0 Å². The second-order valence-corrected chi connectivity index (χ2v) is 5.82. The number of phenolic OH excluding ortho intramolecular Hbond substituents is 1. The maximum absolute atomic E-state index is 12.6. The summed E-state index contributed by atoms with van der Waals surface area (Å²) in [4.78, 5) is 12.6. The highest BCUT2D eigenvalue weighted by molar-refractivity contribution is 5.89. The zero-order valence-electron chi connectivity index (χ0n) is 15.7. The minimum Gasteiger partial charge on any atom is -0.507 e. The van der Waals surface area contributed by atoms with Gasteiger partial charge in [0.25, 0.3) is 0 Å². The van der Waals surface area contributed by atoms with E-state index in [1.807, 2.05) is 0 Å². The fourth-order valence-electron chi connectivity index (χ4n) is 2.99. The minimum absolute atomic E-state index is 0.101. The third kappa shape index (κ3) is 3.01. The Balaban J connectivity index is 2.33. The summed E-state index contributed by atoms with van der Waals surface area (Å²) in [5, 5.41) is 10.3. The fraction of sp³-hybridized carbons (Fsp3) is 0.250. The maximum Gasteiger partial charge on any atom is 0.203 e. The van der Waals surface area contributed by atoms with Crippen LogP contribution in [0.25, 0.3) is 22.3 Å². The number of ether oxygens (including phenoxy) is 4. The first-order valence-electron chi connectivity index (χ1n) is 8.09. The number of phenols is 1. The van der Waals surface area contributed by atoms with Crippen molar-refractivity contribution in [3.8, 4) is 40.1 Å². The van der Waals surface area contributed by atoms with Gasteiger partial charge in [-0.25, -0.2) is 0 Å². The van der Waals surface area contributed by atoms with Gasteiger partial charge in [0.2, 0.25) is 5.75 Å². The second-order valence-electron chi connectivity index (χ2n) is 5.82. The number of aryl methyl sites for hydroxylation is 1. The van der Waals surface area contributed by atoms with Gasteiger partial charge in [0.15, 0.2) is 16.9 Å². The molecule has 0 amide bonds. The molecule has 1 heterocycles. The lowest BCUT2D eigenvalue weighted by atomic mass is 10.1. The van der Waals surface area contributed by atoms with E-state index in [1.165, 1.54) is 40.6 Å². The van der Waals surface area contributed by atoms with Crippen molar-refractivity contribution in [2.45, 2.75) is 6.92 Å². The van der Waals surface area contributed by atoms with E-state index in [2.05, 4.69) is 0 Å². The number of aromatic hydroxyl groups is 1. The van der Waals surface area contributed by atoms with Crippen LogP contribution in [0.1, 0.15) is 5.56 Å². The van der Waals surface area contributed by atoms with Crippen LogP contribution in [0.15, 0.2) is 33.5 Å². The number of benzene rings is 2. The molecule has 0 saturated heterocycles. The van der Waals surface area contributed by atoms with E-state index in [0.717, 1.165) is 0 Å². The Bertz CT molecular complexity index is 1040. The summed E-state index contributed by atoms with van der Waals surface area (Å²) in [6.45, 7) is 1.75. The average Bonchev–Trinajstić information content (AvgIpc) is 2.68. The third-order valence-corrected chi connectivity index (χ3v) is 4.35. The van der Waals surface area contributed by atoms with Gasteiger partial charge in [0.05, 0.1) is 28.4 Å². The van der Waals surface area contributed by atoms with Crippen molar-refractivity contribution < 1.29 is 28.5 Å². The SMILES string of the molecule is COc1cc(-c2cc(=O)c3c(O)cc(OC)c(C)c3o2)cc(OC)c1OC. The Morgan fingerprint density at radius 3 is 1.96 bits per heavy atom. The van der Waals surface area contributed by atoms with E-state index < -0.39 is 0 Å². The summed E-state index contributed by atoms with van der Waals surface area (Å²) in [5.74, 6) is 1.81. The second kappa shape index (κ2) is 7.11. The summed E-state index contributed by atoms with van der Waals surface area (Å²) in [6.07, 6.45) is 0. The maximum atomic E-state index is 12.6. The molecule has 7 nitrogen and oxygen atoms in total. The molecular weight excluding hydrogens is 352 g/mol. The number of fused-ring (bicyclic) bond motifs is 1. The number of rotatable bonds is 5. The predicted octanol–water partition coefficient (Wildman–Crippen LogP) is 3.51. The van der Waals surface area contributed by atoms with Crippen molar-refractivity contribution in [3.05, 3.63) is 40.1 Å². The van der Waals surface area contributed by atoms with E-state index in [9.17, 15) is 9.90 Å². The molecule has 0 unspecified atom stereocenters. The fourth-order valence-corrected chi connectivity index (χ4v) is 2.99. The lowest BCUT2D eigenvalue weighted by Crippen LogP contribution is -2.03. The summed E-state index contributed by atoms with van der Waals surface area (Å²) in [6, 6.07) is 6.07. The molecule has 1 N–H and O–H groups in total. The van der Waals surface area contributed by atoms with E-state index in [-0.39, 0.29) is 22.1 Å². The Labute approximate surface area is 155 Å². The molecule has 0 spiro atoms. The predicted molar refractivity (Wildman–Crippen MR) is 101 cm³/mol. The zero-order chi connectivity index (χ0) is 19.7. The van der Waals surface area contributed by atoms with Crippen molar-refractivity contribution >= 4 is 11.0 Å². The van der Waals surface area contributed by atoms with Crippen LogP contribution in [0.2, 0.25) is 0 Å². The number of hydrogen-bond acceptors (Lipinski definition) is 7. The molecule has 1 aromatic heterocycles. The molecule has 2 aromatic carbocycles. The van der Waals surface area contributed by atoms with Gasteiger partial charge in [-0.2, -0.15) is 0 Å². The molecule has 0 radical (unpaired) electrons. The van der Waals surface area contributed by atoms with Crippen LogP contribution in [-0.4, -0.2) is 33.5 Å². The normalized spacial score (nSPS) is 10.7. The first-order chi connectivity index (χ1) is 12.9. The van der Waals surface area contributed by atoms with Crippen molar-refractivity contribution in [3.63, 3.8) is 0 Å². The molecule has 0 aliphatic carbocycles. The van der Waals surface area contributed by atoms with Crippen LogP contribution in [0.5, 0.6) is 28.7 Å². The van der Waals surface area contributed by atoms with Crippen molar-refractivity contribution in [2.75, 3.05) is 28.4 Å². The highest BCUT2D eigenvalue weighted by Crippen LogP contribution is 2.42. The molecule has 0 atom stereocenters. The smallest absolute Gasteiger partial charge is 0.203 e. The van der Waals surface area contributed by atoms with Crippen molar-refractivity contribution in [1.82, 2.24) is 0 Å². The summed E-state index contributed by atoms with van der Waals surface area (Å²) in [5.41, 5.74) is 1.05. The Morgan fingerprint density at radius 1 is 0.852 bits per heavy atom. The summed E-state index contributed by atoms with van der Waals surface area (Å²) in [7, 11) is 6.00. The summed E-state index contributed by atoms with van der Waals surface area (Å²) < 4.78 is 27.2. The van der Waals surface area contributed by atoms with Crippen LogP contribution >= 0.6 is 0 Å². The molecule has 142 valence electrons. The van der Waals surface area contributed by atoms with Crippen LogP contribution < -0.4 is 24.4 Å². The van der Waals surface area contributed by atoms with Gasteiger partial charge in [-0.1, -0.05) is 0 Å². The largest absolute Gasteiger partial charge is 0.507 e. The molecular formula is C20H20O7. The lowest BCUT2D eigenvalue weighted by molar-refractivity contribution is 0.324. The minimum atomic E-state index is -0.372. The quantitative estimate of drug-likeness (QED) is 0.733. The van der Waals surface area contributed by atoms with Crippen molar-refractivity contribution in [1.29, 1.82) is 0 Å². The summed E-state index contributed by atoms with van der Waals surface area (Å²) >= 11 is 0. The first-order valence-corrected chi connectivity index (χ1v) is 8.09. The third-order valence-electron chi connectivity index (χ3n) is 4.35. The first kappa shape index (κ1) is 18.4. The zero-order valence-corrected chi connectivity index (χ0v) is 15.7. The Morgan fingerprint density at radius 2 is 1.44 bits per heavy atom. The topological polar surface area (TPSA) is 87.4 Å². The van der Waals surface area contributed by atoms with E-state index >= 15 is 0 Å². The van der Waals surface area contributed by atoms with E-state index in [4.69, 9.17) is 23.4 Å². The number of hydrogen-bond donors (Lipinski definition) is 1. The standard InChI is InChI=1S/C20H20O7/c1-10-14(23-2)8-12(21)18-13(22)9-15(27-19(10)18)11-6-16(24-3)20(26-5)17(7-11)25-4/h6-9,21H,1-5H3. The molecule has 3 aromatic rings. The van der Waals surface area contributed by atoms with Crippen LogP contribution in [-0.2, 0) is 0 Å². The van der Waals surface area contributed by atoms with Gasteiger partial charge in [0, 0.05) is 23.3 Å². The number of methoxy groups -OCH3 is 4. The molecule has 27 heavy (non-hydrogen) atoms. The van der Waals surface area contributed by atoms with Crippen LogP contribution in [0, 0.1) is 6.92 Å². The highest BCUT2D eigenvalue weighted by Gasteiger charge is 2.19. The van der Waals surface area contributed by atoms with Crippen molar-refractivity contribution in [2.24, 2.45) is 0 Å². The lowest BCUT2D eigenvalue weighted by Gasteiger charge is -2.14. The van der Waals surface area contributed by atoms with Gasteiger partial charge in [-0.3, -0.25) is 4.79 Å². The van der Waals surface area contributed by atoms with Crippen LogP contribution in [0.4, 0.5) is 0 Å². The molecule has 7 heteroatoms. The molecule has 0 bridgehead atoms. The monoisotopic (exact) mass is 372 g/mol. The molecule has 0 aliphatic rings. The van der Waals surface area contributed by atoms with E-state index in [1.54, 1.807) is 19.1 Å².